The Balaban J connectivity index is 1.00. The van der Waals surface area contributed by atoms with Crippen molar-refractivity contribution in [3.05, 3.63) is 12.2 Å². The average Bonchev–Trinajstić information content (AvgIpc) is 3.71. The van der Waals surface area contributed by atoms with Crippen LogP contribution in [0.4, 0.5) is 0 Å². The lowest BCUT2D eigenvalue weighted by Gasteiger charge is -2.73. The van der Waals surface area contributed by atoms with E-state index in [0.717, 1.165) is 37.7 Å². The number of fused-ring (bicyclic) bond motifs is 7. The summed E-state index contributed by atoms with van der Waals surface area (Å²) in [5.41, 5.74) is -1.40. The predicted molar refractivity (Wildman–Crippen MR) is 232 cm³/mol. The highest BCUT2D eigenvalue weighted by atomic mass is 16.7. The highest BCUT2D eigenvalue weighted by molar-refractivity contribution is 5.78. The van der Waals surface area contributed by atoms with Crippen molar-refractivity contribution in [3.8, 4) is 0 Å². The van der Waals surface area contributed by atoms with E-state index >= 15 is 0 Å². The van der Waals surface area contributed by atoms with Gasteiger partial charge in [-0.1, -0.05) is 39.8 Å². The van der Waals surface area contributed by atoms with Crippen LogP contribution in [0.25, 0.3) is 0 Å². The van der Waals surface area contributed by atoms with Crippen LogP contribution in [-0.2, 0) is 33.2 Å². The van der Waals surface area contributed by atoms with E-state index in [-0.39, 0.29) is 52.4 Å². The molecule has 3 saturated heterocycles. The molecule has 8 fully saturated rings. The molecule has 0 aromatic heterocycles. The molecule has 0 aromatic rings. The molecular weight excluding hydrogens is 881 g/mol. The second-order valence-electron chi connectivity index (χ2n) is 22.8. The monoisotopic (exact) mass is 959 g/mol. The summed E-state index contributed by atoms with van der Waals surface area (Å²) >= 11 is 0. The van der Waals surface area contributed by atoms with Crippen molar-refractivity contribution in [1.82, 2.24) is 0 Å². The average molecular weight is 959 g/mol. The highest BCUT2D eigenvalue weighted by Gasteiger charge is 2.73. The van der Waals surface area contributed by atoms with E-state index in [2.05, 4.69) is 27.4 Å². The van der Waals surface area contributed by atoms with E-state index in [9.17, 15) is 66.1 Å². The normalized spacial score (nSPS) is 55.4. The van der Waals surface area contributed by atoms with Gasteiger partial charge in [0.15, 0.2) is 12.6 Å². The first-order valence-corrected chi connectivity index (χ1v) is 24.5. The first-order valence-electron chi connectivity index (χ1n) is 24.5. The van der Waals surface area contributed by atoms with Crippen LogP contribution in [0.15, 0.2) is 12.2 Å². The smallest absolute Gasteiger partial charge is 0.314 e. The molecule has 19 heteroatoms. The number of ether oxygens (including phenoxy) is 6. The Hall–Kier alpha value is -1.47. The van der Waals surface area contributed by atoms with Gasteiger partial charge in [-0.15, -0.1) is 0 Å². The lowest BCUT2D eigenvalue weighted by molar-refractivity contribution is -0.335. The Morgan fingerprint density at radius 3 is 1.76 bits per heavy atom. The molecule has 3 aliphatic heterocycles. The molecule has 8 rings (SSSR count). The second-order valence-corrected chi connectivity index (χ2v) is 22.8. The molecule has 26 atom stereocenters. The largest absolute Gasteiger partial charge is 0.432 e. The van der Waals surface area contributed by atoms with E-state index in [1.165, 1.54) is 0 Å². The Bertz CT molecular complexity index is 1790. The van der Waals surface area contributed by atoms with Crippen molar-refractivity contribution in [2.45, 2.75) is 197 Å². The number of allylic oxidation sites excluding steroid dienone is 1. The van der Waals surface area contributed by atoms with Gasteiger partial charge < -0.3 is 89.7 Å². The van der Waals surface area contributed by atoms with Crippen LogP contribution in [0.5, 0.6) is 0 Å². The fraction of sp³-hybridized carbons (Fsp3) is 0.938. The number of carbonyl (C=O) groups is 1. The van der Waals surface area contributed by atoms with Gasteiger partial charge in [0.25, 0.3) is 0 Å². The van der Waals surface area contributed by atoms with Crippen molar-refractivity contribution >= 4 is 5.97 Å². The van der Waals surface area contributed by atoms with Crippen molar-refractivity contribution in [3.63, 3.8) is 0 Å². The van der Waals surface area contributed by atoms with Gasteiger partial charge >= 0.3 is 5.97 Å². The molecule has 0 bridgehead atoms. The third kappa shape index (κ3) is 8.01. The van der Waals surface area contributed by atoms with Crippen molar-refractivity contribution in [2.75, 3.05) is 26.4 Å². The van der Waals surface area contributed by atoms with Gasteiger partial charge in [-0.25, -0.2) is 0 Å². The molecule has 12 N–H and O–H groups in total. The summed E-state index contributed by atoms with van der Waals surface area (Å²) in [5.74, 6) is -0.388. The van der Waals surface area contributed by atoms with E-state index in [1.54, 1.807) is 0 Å². The van der Waals surface area contributed by atoms with Gasteiger partial charge in [-0.05, 0) is 117 Å². The van der Waals surface area contributed by atoms with Crippen LogP contribution in [0.3, 0.4) is 0 Å². The van der Waals surface area contributed by atoms with E-state index in [0.29, 0.717) is 32.1 Å². The zero-order valence-corrected chi connectivity index (χ0v) is 39.5. The van der Waals surface area contributed by atoms with E-state index in [4.69, 9.17) is 28.4 Å². The van der Waals surface area contributed by atoms with Crippen molar-refractivity contribution in [2.24, 2.45) is 56.7 Å². The van der Waals surface area contributed by atoms with Gasteiger partial charge in [0.1, 0.15) is 73.2 Å². The quantitative estimate of drug-likeness (QED) is 0.0669. The molecule has 384 valence electrons. The molecule has 0 radical (unpaired) electrons. The van der Waals surface area contributed by atoms with Gasteiger partial charge in [0, 0.05) is 5.41 Å². The van der Waals surface area contributed by atoms with Crippen LogP contribution < -0.4 is 0 Å². The molecule has 0 amide bonds. The summed E-state index contributed by atoms with van der Waals surface area (Å²) in [6.07, 6.45) is -16.9. The lowest BCUT2D eigenvalue weighted by atomic mass is 9.32. The van der Waals surface area contributed by atoms with Crippen LogP contribution in [0.1, 0.15) is 98.8 Å². The molecule has 5 aliphatic carbocycles. The number of esters is 1. The zero-order valence-electron chi connectivity index (χ0n) is 39.5. The summed E-state index contributed by atoms with van der Waals surface area (Å²) in [6.45, 7) is 13.6. The Morgan fingerprint density at radius 2 is 1.16 bits per heavy atom. The number of hydrogen-bond acceptors (Lipinski definition) is 19. The maximum Gasteiger partial charge on any atom is 0.314 e. The number of carbonyl (C=O) groups excluding carboxylic acids is 1. The molecule has 26 unspecified atom stereocenters. The van der Waals surface area contributed by atoms with Gasteiger partial charge in [-0.3, -0.25) is 4.79 Å². The summed E-state index contributed by atoms with van der Waals surface area (Å²) in [4.78, 5) is 15.0. The molecule has 0 aromatic carbocycles. The van der Waals surface area contributed by atoms with Gasteiger partial charge in [0.2, 0.25) is 6.29 Å². The maximum atomic E-state index is 15.0. The molecular formula is C48H78O19. The predicted octanol–water partition coefficient (Wildman–Crippen LogP) is -1.03. The number of aliphatic hydroxyl groups excluding tert-OH is 12. The Morgan fingerprint density at radius 1 is 0.597 bits per heavy atom. The number of rotatable bonds is 11. The van der Waals surface area contributed by atoms with E-state index in [1.807, 2.05) is 13.8 Å². The fourth-order valence-corrected chi connectivity index (χ4v) is 15.8. The van der Waals surface area contributed by atoms with Gasteiger partial charge in [-0.2, -0.15) is 0 Å². The van der Waals surface area contributed by atoms with E-state index < -0.39 is 135 Å². The third-order valence-electron chi connectivity index (χ3n) is 19.9. The second kappa shape index (κ2) is 18.9. The minimum atomic E-state index is -1.82. The highest BCUT2D eigenvalue weighted by Crippen LogP contribution is 2.78. The standard InChI is InChI=1S/C48H78O19/c1-21(2)22-9-14-48(43(61)67-42-39(60)36(57)33(54)26(65-42)19-62-40-37(58)34(55)31(52)24(17-49)63-40)16-15-46(5)23(30(22)48)7-8-28-44(3)12-11-29(45(4,20-51)27(44)10-13-47(28,46)6)66-41-38(59)35(56)32(53)25(18-50)64-41/h22-42,49-60H,1,7-20H2,2-6H3. The SMILES string of the molecule is C=C(C)C1CCC2(C(=O)OC3OC(COC4OC(CO)C(O)C(O)C4O)C(O)C(O)C3O)CCC3(C)C(CCC4C5(C)CCC(OC6OC(CO)C(O)C(O)C6O)C(C)(CO)C5CCC43C)C12. The van der Waals surface area contributed by atoms with Gasteiger partial charge in [0.05, 0.1) is 37.9 Å². The minimum absolute atomic E-state index is 0.00114. The summed E-state index contributed by atoms with van der Waals surface area (Å²) < 4.78 is 35.3. The minimum Gasteiger partial charge on any atom is -0.432 e. The Kier molecular flexibility index (Phi) is 14.6. The molecule has 3 heterocycles. The molecule has 0 spiro atoms. The summed E-state index contributed by atoms with van der Waals surface area (Å²) in [5, 5.41) is 126. The van der Waals surface area contributed by atoms with Crippen molar-refractivity contribution in [1.29, 1.82) is 0 Å². The number of aliphatic hydroxyl groups is 12. The molecule has 8 aliphatic rings. The van der Waals surface area contributed by atoms with Crippen LogP contribution >= 0.6 is 0 Å². The van der Waals surface area contributed by atoms with Crippen LogP contribution in [-0.4, -0.2) is 192 Å². The first-order chi connectivity index (χ1) is 31.5. The number of hydrogen-bond donors (Lipinski definition) is 12. The Labute approximate surface area is 392 Å². The summed E-state index contributed by atoms with van der Waals surface area (Å²) in [7, 11) is 0. The molecule has 67 heavy (non-hydrogen) atoms. The molecule has 19 nitrogen and oxygen atoms in total. The fourth-order valence-electron chi connectivity index (χ4n) is 15.8. The molecule has 5 saturated carbocycles. The topological polar surface area (TPSA) is 315 Å². The van der Waals surface area contributed by atoms with Crippen molar-refractivity contribution < 1.29 is 94.5 Å². The summed E-state index contributed by atoms with van der Waals surface area (Å²) in [6, 6.07) is 0. The lowest BCUT2D eigenvalue weighted by Crippen LogP contribution is -2.68. The van der Waals surface area contributed by atoms with Crippen LogP contribution in [0.2, 0.25) is 0 Å². The van der Waals surface area contributed by atoms with Crippen LogP contribution in [0, 0.1) is 56.7 Å². The third-order valence-corrected chi connectivity index (χ3v) is 19.9. The maximum absolute atomic E-state index is 15.0. The first kappa shape index (κ1) is 51.9. The zero-order chi connectivity index (χ0) is 48.9.